The molecule has 0 aliphatic carbocycles. The zero-order valence-electron chi connectivity index (χ0n) is 16.1. The maximum atomic E-state index is 13.3. The van der Waals surface area contributed by atoms with E-state index in [2.05, 4.69) is 4.74 Å². The lowest BCUT2D eigenvalue weighted by Crippen LogP contribution is -2.30. The summed E-state index contributed by atoms with van der Waals surface area (Å²) in [7, 11) is -1.07. The first-order valence-corrected chi connectivity index (χ1v) is 10.2. The van der Waals surface area contributed by atoms with Gasteiger partial charge in [0.1, 0.15) is 11.5 Å². The summed E-state index contributed by atoms with van der Waals surface area (Å²) in [5.74, 6) is 0.290. The van der Waals surface area contributed by atoms with Gasteiger partial charge in [-0.05, 0) is 42.0 Å². The number of rotatable bonds is 8. The van der Waals surface area contributed by atoms with Crippen LogP contribution in [0.25, 0.3) is 0 Å². The molecule has 2 aromatic carbocycles. The third-order valence-electron chi connectivity index (χ3n) is 4.28. The third-order valence-corrected chi connectivity index (χ3v) is 6.09. The van der Waals surface area contributed by atoms with Crippen LogP contribution < -0.4 is 4.74 Å². The molecule has 0 spiro atoms. The maximum Gasteiger partial charge on any atom is 0.373 e. The van der Waals surface area contributed by atoms with E-state index in [9.17, 15) is 13.2 Å². The Labute approximate surface area is 169 Å². The van der Waals surface area contributed by atoms with E-state index in [4.69, 9.17) is 9.15 Å². The first-order valence-electron chi connectivity index (χ1n) is 8.79. The van der Waals surface area contributed by atoms with Gasteiger partial charge in [-0.1, -0.05) is 30.3 Å². The predicted octanol–water partition coefficient (Wildman–Crippen LogP) is 3.47. The number of sulfonamides is 1. The molecule has 0 fully saturated rings. The standard InChI is InChI=1S/C21H21NO6S/c1-26-17-8-11-19(12-9-17)29(24,25)22(14-16-6-4-3-5-7-16)15-18-10-13-20(28-18)21(23)27-2/h3-13H,14-15H2,1-2H3. The minimum Gasteiger partial charge on any atom is -0.497 e. The summed E-state index contributed by atoms with van der Waals surface area (Å²) >= 11 is 0. The zero-order chi connectivity index (χ0) is 20.9. The van der Waals surface area contributed by atoms with Gasteiger partial charge in [0.15, 0.2) is 0 Å². The van der Waals surface area contributed by atoms with Gasteiger partial charge in [-0.15, -0.1) is 0 Å². The molecular weight excluding hydrogens is 394 g/mol. The van der Waals surface area contributed by atoms with Crippen LogP contribution in [0.2, 0.25) is 0 Å². The molecule has 0 amide bonds. The highest BCUT2D eigenvalue weighted by molar-refractivity contribution is 7.89. The molecule has 0 aliphatic rings. The van der Waals surface area contributed by atoms with Crippen molar-refractivity contribution in [3.05, 3.63) is 83.8 Å². The Hall–Kier alpha value is -3.10. The predicted molar refractivity (Wildman–Crippen MR) is 106 cm³/mol. The van der Waals surface area contributed by atoms with Gasteiger partial charge in [0, 0.05) is 6.54 Å². The molecule has 29 heavy (non-hydrogen) atoms. The van der Waals surface area contributed by atoms with Crippen LogP contribution in [0.3, 0.4) is 0 Å². The molecule has 0 bridgehead atoms. The van der Waals surface area contributed by atoms with E-state index in [0.29, 0.717) is 11.5 Å². The van der Waals surface area contributed by atoms with Crippen LogP contribution in [0.15, 0.2) is 76.0 Å². The molecule has 152 valence electrons. The van der Waals surface area contributed by atoms with Crippen molar-refractivity contribution >= 4 is 16.0 Å². The van der Waals surface area contributed by atoms with Crippen LogP contribution in [0, 0.1) is 0 Å². The highest BCUT2D eigenvalue weighted by Crippen LogP contribution is 2.24. The van der Waals surface area contributed by atoms with E-state index in [1.807, 2.05) is 30.3 Å². The van der Waals surface area contributed by atoms with E-state index in [-0.39, 0.29) is 23.7 Å². The Balaban J connectivity index is 1.93. The van der Waals surface area contributed by atoms with Gasteiger partial charge in [0.25, 0.3) is 0 Å². The molecule has 0 aliphatic heterocycles. The fourth-order valence-corrected chi connectivity index (χ4v) is 4.15. The van der Waals surface area contributed by atoms with Crippen molar-refractivity contribution in [1.29, 1.82) is 0 Å². The average molecular weight is 415 g/mol. The van der Waals surface area contributed by atoms with E-state index < -0.39 is 16.0 Å². The summed E-state index contributed by atoms with van der Waals surface area (Å²) in [6.45, 7) is 0.101. The highest BCUT2D eigenvalue weighted by atomic mass is 32.2. The van der Waals surface area contributed by atoms with Crippen LogP contribution >= 0.6 is 0 Å². The lowest BCUT2D eigenvalue weighted by Gasteiger charge is -2.21. The van der Waals surface area contributed by atoms with Crippen molar-refractivity contribution in [3.63, 3.8) is 0 Å². The quantitative estimate of drug-likeness (QED) is 0.524. The molecule has 0 N–H and O–H groups in total. The summed E-state index contributed by atoms with van der Waals surface area (Å²) in [6.07, 6.45) is 0. The minimum absolute atomic E-state index is 0.0176. The van der Waals surface area contributed by atoms with Crippen molar-refractivity contribution in [3.8, 4) is 5.75 Å². The fraction of sp³-hybridized carbons (Fsp3) is 0.190. The van der Waals surface area contributed by atoms with Gasteiger partial charge in [-0.2, -0.15) is 4.31 Å². The lowest BCUT2D eigenvalue weighted by atomic mass is 10.2. The maximum absolute atomic E-state index is 13.3. The van der Waals surface area contributed by atoms with Crippen molar-refractivity contribution in [1.82, 2.24) is 4.31 Å². The molecule has 7 nitrogen and oxygen atoms in total. The molecule has 1 aromatic heterocycles. The van der Waals surface area contributed by atoms with E-state index in [1.54, 1.807) is 18.2 Å². The molecular formula is C21H21NO6S. The zero-order valence-corrected chi connectivity index (χ0v) is 16.9. The summed E-state index contributed by atoms with van der Waals surface area (Å²) in [5.41, 5.74) is 0.823. The molecule has 1 heterocycles. The first kappa shape index (κ1) is 20.6. The third kappa shape index (κ3) is 4.85. The van der Waals surface area contributed by atoms with Crippen molar-refractivity contribution < 1.29 is 27.1 Å². The average Bonchev–Trinajstić information content (AvgIpc) is 3.22. The van der Waals surface area contributed by atoms with Crippen LogP contribution in [-0.4, -0.2) is 32.9 Å². The number of esters is 1. The first-order chi connectivity index (χ1) is 13.9. The van der Waals surface area contributed by atoms with Gasteiger partial charge in [0.05, 0.1) is 25.7 Å². The van der Waals surface area contributed by atoms with Crippen molar-refractivity contribution in [2.24, 2.45) is 0 Å². The van der Waals surface area contributed by atoms with Crippen LogP contribution in [0.4, 0.5) is 0 Å². The SMILES string of the molecule is COC(=O)c1ccc(CN(Cc2ccccc2)S(=O)(=O)c2ccc(OC)cc2)o1. The number of carbonyl (C=O) groups is 1. The van der Waals surface area contributed by atoms with Gasteiger partial charge < -0.3 is 13.9 Å². The van der Waals surface area contributed by atoms with E-state index >= 15 is 0 Å². The summed E-state index contributed by atoms with van der Waals surface area (Å²) < 4.78 is 43.1. The van der Waals surface area contributed by atoms with Crippen LogP contribution in [0.5, 0.6) is 5.75 Å². The molecule has 3 rings (SSSR count). The number of benzene rings is 2. The summed E-state index contributed by atoms with van der Waals surface area (Å²) in [4.78, 5) is 11.8. The van der Waals surface area contributed by atoms with Crippen molar-refractivity contribution in [2.45, 2.75) is 18.0 Å². The second kappa shape index (κ2) is 8.93. The number of furan rings is 1. The molecule has 0 radical (unpaired) electrons. The molecule has 0 atom stereocenters. The van der Waals surface area contributed by atoms with Crippen molar-refractivity contribution in [2.75, 3.05) is 14.2 Å². The Kier molecular flexibility index (Phi) is 6.36. The molecule has 0 saturated heterocycles. The normalized spacial score (nSPS) is 11.4. The Bertz CT molecular complexity index is 1060. The minimum atomic E-state index is -3.84. The Morgan fingerprint density at radius 3 is 2.24 bits per heavy atom. The molecule has 0 unspecified atom stereocenters. The number of methoxy groups -OCH3 is 2. The van der Waals surface area contributed by atoms with Crippen LogP contribution in [0.1, 0.15) is 21.9 Å². The van der Waals surface area contributed by atoms with Crippen LogP contribution in [-0.2, 0) is 27.8 Å². The number of nitrogens with zero attached hydrogens (tertiary/aromatic N) is 1. The number of hydrogen-bond acceptors (Lipinski definition) is 6. The molecule has 0 saturated carbocycles. The highest BCUT2D eigenvalue weighted by Gasteiger charge is 2.26. The largest absolute Gasteiger partial charge is 0.497 e. The second-order valence-corrected chi connectivity index (χ2v) is 8.13. The molecule has 3 aromatic rings. The number of carbonyl (C=O) groups excluding carboxylic acids is 1. The van der Waals surface area contributed by atoms with Gasteiger partial charge >= 0.3 is 5.97 Å². The number of hydrogen-bond donors (Lipinski definition) is 0. The van der Waals surface area contributed by atoms with E-state index in [0.717, 1.165) is 5.56 Å². The fourth-order valence-electron chi connectivity index (χ4n) is 2.76. The van der Waals surface area contributed by atoms with Gasteiger partial charge in [0.2, 0.25) is 15.8 Å². The molecule has 8 heteroatoms. The summed E-state index contributed by atoms with van der Waals surface area (Å²) in [6, 6.07) is 18.4. The van der Waals surface area contributed by atoms with E-state index in [1.165, 1.54) is 36.7 Å². The lowest BCUT2D eigenvalue weighted by molar-refractivity contribution is 0.0562. The second-order valence-electron chi connectivity index (χ2n) is 6.19. The monoisotopic (exact) mass is 415 g/mol. The Morgan fingerprint density at radius 1 is 0.931 bits per heavy atom. The summed E-state index contributed by atoms with van der Waals surface area (Å²) in [5, 5.41) is 0. The van der Waals surface area contributed by atoms with Gasteiger partial charge in [-0.25, -0.2) is 13.2 Å². The van der Waals surface area contributed by atoms with Gasteiger partial charge in [-0.3, -0.25) is 0 Å². The topological polar surface area (TPSA) is 86.0 Å². The smallest absolute Gasteiger partial charge is 0.373 e. The number of ether oxygens (including phenoxy) is 2. The Morgan fingerprint density at radius 2 is 1.62 bits per heavy atom.